The van der Waals surface area contributed by atoms with Crippen molar-refractivity contribution in [3.63, 3.8) is 0 Å². The Morgan fingerprint density at radius 1 is 0.806 bits per heavy atom. The van der Waals surface area contributed by atoms with Gasteiger partial charge in [0.1, 0.15) is 0 Å². The van der Waals surface area contributed by atoms with E-state index >= 15 is 0 Å². The van der Waals surface area contributed by atoms with Crippen LogP contribution in [0.25, 0.3) is 0 Å². The molecule has 0 saturated heterocycles. The van der Waals surface area contributed by atoms with E-state index in [1.165, 1.54) is 4.41 Å². The van der Waals surface area contributed by atoms with Crippen LogP contribution >= 0.6 is 0 Å². The Morgan fingerprint density at radius 3 is 1.77 bits per heavy atom. The molecule has 0 aromatic heterocycles. The Balaban J connectivity index is 1.91. The Hall–Kier alpha value is -2.92. The van der Waals surface area contributed by atoms with E-state index in [9.17, 15) is 8.42 Å². The summed E-state index contributed by atoms with van der Waals surface area (Å²) in [7, 11) is -3.82. The lowest BCUT2D eigenvalue weighted by Crippen LogP contribution is -2.46. The molecule has 0 bridgehead atoms. The maximum Gasteiger partial charge on any atom is 0.279 e. The number of aryl methyl sites for hydroxylation is 1. The smallest absolute Gasteiger partial charge is 0.200 e. The van der Waals surface area contributed by atoms with Crippen LogP contribution in [0.5, 0.6) is 0 Å². The Kier molecular flexibility index (Phi) is 5.48. The van der Waals surface area contributed by atoms with Crippen molar-refractivity contribution in [2.75, 3.05) is 0 Å². The van der Waals surface area contributed by atoms with Crippen LogP contribution in [0.1, 0.15) is 43.4 Å². The van der Waals surface area contributed by atoms with Gasteiger partial charge in [0.25, 0.3) is 10.0 Å². The number of rotatable bonds is 5. The van der Waals surface area contributed by atoms with Gasteiger partial charge in [-0.25, -0.2) is 0 Å². The summed E-state index contributed by atoms with van der Waals surface area (Å²) in [5.74, 6) is -0.168. The van der Waals surface area contributed by atoms with Crippen LogP contribution in [-0.2, 0) is 10.0 Å². The van der Waals surface area contributed by atoms with Gasteiger partial charge >= 0.3 is 0 Å². The summed E-state index contributed by atoms with van der Waals surface area (Å²) in [4.78, 5) is 0.261. The summed E-state index contributed by atoms with van der Waals surface area (Å²) in [6.07, 6.45) is 0. The highest BCUT2D eigenvalue weighted by Gasteiger charge is 2.51. The highest BCUT2D eigenvalue weighted by Crippen LogP contribution is 2.46. The van der Waals surface area contributed by atoms with E-state index in [2.05, 4.69) is 43.2 Å². The maximum absolute atomic E-state index is 13.8. The molecule has 0 saturated carbocycles. The van der Waals surface area contributed by atoms with Crippen molar-refractivity contribution < 1.29 is 8.42 Å². The quantitative estimate of drug-likeness (QED) is 0.527. The number of sulfonamides is 1. The van der Waals surface area contributed by atoms with E-state index in [1.807, 2.05) is 62.4 Å². The fourth-order valence-corrected chi connectivity index (χ4v) is 5.88. The third-order valence-electron chi connectivity index (χ3n) is 6.36. The van der Waals surface area contributed by atoms with Gasteiger partial charge in [0.2, 0.25) is 0 Å². The van der Waals surface area contributed by atoms with Crippen molar-refractivity contribution in [3.8, 4) is 0 Å². The van der Waals surface area contributed by atoms with Crippen molar-refractivity contribution in [1.29, 1.82) is 0 Å². The molecular formula is C26H28N2O2S. The third-order valence-corrected chi connectivity index (χ3v) is 8.03. The first-order chi connectivity index (χ1) is 14.7. The van der Waals surface area contributed by atoms with Crippen molar-refractivity contribution in [2.45, 2.75) is 44.6 Å². The van der Waals surface area contributed by atoms with Gasteiger partial charge in [0.05, 0.1) is 10.9 Å². The van der Waals surface area contributed by atoms with Crippen LogP contribution in [0, 0.1) is 12.3 Å². The lowest BCUT2D eigenvalue weighted by molar-refractivity contribution is 0.238. The van der Waals surface area contributed by atoms with Crippen LogP contribution in [0.3, 0.4) is 0 Å². The summed E-state index contributed by atoms with van der Waals surface area (Å²) in [5, 5.41) is 4.63. The van der Waals surface area contributed by atoms with E-state index in [-0.39, 0.29) is 10.8 Å². The average molecular weight is 433 g/mol. The van der Waals surface area contributed by atoms with E-state index in [0.29, 0.717) is 0 Å². The minimum absolute atomic E-state index is 0.168. The fourth-order valence-electron chi connectivity index (χ4n) is 4.27. The molecular weight excluding hydrogens is 404 g/mol. The van der Waals surface area contributed by atoms with Gasteiger partial charge in [-0.1, -0.05) is 92.2 Å². The highest BCUT2D eigenvalue weighted by atomic mass is 32.2. The molecule has 0 spiro atoms. The second-order valence-electron chi connectivity index (χ2n) is 8.74. The van der Waals surface area contributed by atoms with E-state index < -0.39 is 21.5 Å². The topological polar surface area (TPSA) is 49.7 Å². The van der Waals surface area contributed by atoms with Crippen molar-refractivity contribution in [3.05, 3.63) is 102 Å². The lowest BCUT2D eigenvalue weighted by atomic mass is 9.71. The zero-order valence-electron chi connectivity index (χ0n) is 18.4. The molecule has 0 radical (unpaired) electrons. The SMILES string of the molecule is CC1=NN(S(=O)(=O)c2ccc(C)cc2)C(C(c2ccccc2)c2ccccc2)C1(C)C. The van der Waals surface area contributed by atoms with E-state index in [4.69, 9.17) is 0 Å². The minimum Gasteiger partial charge on any atom is -0.200 e. The molecule has 0 fully saturated rings. The maximum atomic E-state index is 13.8. The van der Waals surface area contributed by atoms with E-state index in [1.54, 1.807) is 12.1 Å². The monoisotopic (exact) mass is 432 g/mol. The first-order valence-electron chi connectivity index (χ1n) is 10.5. The number of hydrazone groups is 1. The average Bonchev–Trinajstić information content (AvgIpc) is 3.00. The Bertz CT molecular complexity index is 1150. The predicted octanol–water partition coefficient (Wildman–Crippen LogP) is 5.60. The minimum atomic E-state index is -3.82. The molecule has 160 valence electrons. The lowest BCUT2D eigenvalue weighted by Gasteiger charge is -2.38. The summed E-state index contributed by atoms with van der Waals surface area (Å²) >= 11 is 0. The fraction of sp³-hybridized carbons (Fsp3) is 0.269. The molecule has 0 amide bonds. The second-order valence-corrected chi connectivity index (χ2v) is 10.5. The van der Waals surface area contributed by atoms with E-state index in [0.717, 1.165) is 22.4 Å². The van der Waals surface area contributed by atoms with Gasteiger partial charge in [0, 0.05) is 17.0 Å². The first-order valence-corrected chi connectivity index (χ1v) is 11.9. The number of hydrogen-bond acceptors (Lipinski definition) is 3. The summed E-state index contributed by atoms with van der Waals surface area (Å²) in [6, 6.07) is 26.8. The molecule has 0 N–H and O–H groups in total. The molecule has 1 aliphatic heterocycles. The molecule has 1 aliphatic rings. The zero-order chi connectivity index (χ0) is 22.2. The van der Waals surface area contributed by atoms with Gasteiger partial charge < -0.3 is 0 Å². The summed E-state index contributed by atoms with van der Waals surface area (Å²) in [5.41, 5.74) is 3.52. The normalized spacial score (nSPS) is 18.3. The van der Waals surface area contributed by atoms with Crippen molar-refractivity contribution >= 4 is 15.7 Å². The van der Waals surface area contributed by atoms with Crippen LogP contribution in [-0.4, -0.2) is 24.6 Å². The molecule has 4 rings (SSSR count). The molecule has 1 atom stereocenters. The van der Waals surface area contributed by atoms with Crippen LogP contribution < -0.4 is 0 Å². The van der Waals surface area contributed by atoms with Gasteiger partial charge in [0.15, 0.2) is 0 Å². The van der Waals surface area contributed by atoms with Crippen LogP contribution in [0.15, 0.2) is 94.9 Å². The Labute approximate surface area is 185 Å². The van der Waals surface area contributed by atoms with Crippen molar-refractivity contribution in [2.24, 2.45) is 10.5 Å². The highest BCUT2D eigenvalue weighted by molar-refractivity contribution is 7.89. The van der Waals surface area contributed by atoms with Gasteiger partial charge in [-0.2, -0.15) is 17.9 Å². The van der Waals surface area contributed by atoms with Crippen LogP contribution in [0.4, 0.5) is 0 Å². The summed E-state index contributed by atoms with van der Waals surface area (Å²) < 4.78 is 28.9. The van der Waals surface area contributed by atoms with Gasteiger partial charge in [-0.15, -0.1) is 0 Å². The molecule has 31 heavy (non-hydrogen) atoms. The predicted molar refractivity (Wildman–Crippen MR) is 126 cm³/mol. The van der Waals surface area contributed by atoms with Gasteiger partial charge in [-0.05, 0) is 37.1 Å². The molecule has 3 aromatic rings. The number of nitrogens with zero attached hydrogens (tertiary/aromatic N) is 2. The number of benzene rings is 3. The first kappa shape index (κ1) is 21.3. The van der Waals surface area contributed by atoms with Crippen LogP contribution in [0.2, 0.25) is 0 Å². The molecule has 5 heteroatoms. The van der Waals surface area contributed by atoms with Crippen molar-refractivity contribution in [1.82, 2.24) is 4.41 Å². The molecule has 3 aromatic carbocycles. The zero-order valence-corrected chi connectivity index (χ0v) is 19.2. The largest absolute Gasteiger partial charge is 0.279 e. The standard InChI is InChI=1S/C26H28N2O2S/c1-19-15-17-23(18-16-19)31(29,30)28-25(26(3,4)20(2)27-28)24(21-11-7-5-8-12-21)22-13-9-6-10-14-22/h5-18,24-25H,1-4H3. The third kappa shape index (κ3) is 3.79. The molecule has 1 unspecified atom stereocenters. The summed E-state index contributed by atoms with van der Waals surface area (Å²) in [6.45, 7) is 8.03. The van der Waals surface area contributed by atoms with Gasteiger partial charge in [-0.3, -0.25) is 0 Å². The Morgan fingerprint density at radius 2 is 1.29 bits per heavy atom. The second kappa shape index (κ2) is 7.97. The number of hydrogen-bond donors (Lipinski definition) is 0. The molecule has 1 heterocycles. The molecule has 0 aliphatic carbocycles. The molecule has 4 nitrogen and oxygen atoms in total.